The average molecular weight is 661 g/mol. The molecule has 0 unspecified atom stereocenters. The van der Waals surface area contributed by atoms with Gasteiger partial charge < -0.3 is 28.6 Å². The Morgan fingerprint density at radius 1 is 0.633 bits per heavy atom. The number of anilines is 1. The van der Waals surface area contributed by atoms with Gasteiger partial charge >= 0.3 is 0 Å². The van der Waals surface area contributed by atoms with Gasteiger partial charge in [-0.25, -0.2) is 0 Å². The van der Waals surface area contributed by atoms with Gasteiger partial charge in [-0.2, -0.15) is 0 Å². The first-order valence-electron chi connectivity index (χ1n) is 16.5. The van der Waals surface area contributed by atoms with E-state index in [1.54, 1.807) is 35.5 Å². The summed E-state index contributed by atoms with van der Waals surface area (Å²) in [6, 6.07) is 29.3. The second-order valence-electron chi connectivity index (χ2n) is 12.1. The zero-order valence-corrected chi connectivity index (χ0v) is 28.9. The van der Waals surface area contributed by atoms with Crippen LogP contribution in [0.4, 0.5) is 5.69 Å². The van der Waals surface area contributed by atoms with Gasteiger partial charge in [0.05, 0.1) is 46.9 Å². The van der Waals surface area contributed by atoms with E-state index in [-0.39, 0.29) is 0 Å². The zero-order valence-electron chi connectivity index (χ0n) is 28.9. The van der Waals surface area contributed by atoms with Crippen molar-refractivity contribution in [1.82, 2.24) is 14.9 Å². The van der Waals surface area contributed by atoms with E-state index in [1.807, 2.05) is 54.9 Å². The number of hydrogen-bond donors (Lipinski definition) is 0. The third kappa shape index (κ3) is 7.90. The summed E-state index contributed by atoms with van der Waals surface area (Å²) in [7, 11) is 8.25. The molecule has 49 heavy (non-hydrogen) atoms. The molecule has 0 atom stereocenters. The maximum atomic E-state index is 5.58. The van der Waals surface area contributed by atoms with Crippen molar-refractivity contribution >= 4 is 5.69 Å². The van der Waals surface area contributed by atoms with Crippen LogP contribution in [0.3, 0.4) is 0 Å². The van der Waals surface area contributed by atoms with Crippen LogP contribution in [-0.4, -0.2) is 69.5 Å². The standard InChI is InChI=1S/C40H44N4O5/c1-45-34-11-9-32(10-12-34)44(27-29-14-18-41-36(22-29)30-7-6-8-35(23-30)46-2)33-15-19-43(20-16-33)26-28-13-17-42-37(21-28)31-24-38(47-3)40(49-5)39(25-31)48-4/h6-14,17-18,21-25,33H,15-16,19-20,26-27H2,1-5H3. The van der Waals surface area contributed by atoms with Crippen molar-refractivity contribution < 1.29 is 23.7 Å². The number of aromatic nitrogens is 2. The molecule has 9 heteroatoms. The summed E-state index contributed by atoms with van der Waals surface area (Å²) in [5.74, 6) is 3.45. The third-order valence-corrected chi connectivity index (χ3v) is 9.14. The van der Waals surface area contributed by atoms with E-state index < -0.39 is 0 Å². The topological polar surface area (TPSA) is 78.4 Å². The molecule has 6 rings (SSSR count). The lowest BCUT2D eigenvalue weighted by Gasteiger charge is -2.40. The second kappa shape index (κ2) is 15.7. The van der Waals surface area contributed by atoms with Crippen LogP contribution >= 0.6 is 0 Å². The maximum absolute atomic E-state index is 5.58. The number of pyridine rings is 2. The summed E-state index contributed by atoms with van der Waals surface area (Å²) in [5.41, 5.74) is 7.36. The second-order valence-corrected chi connectivity index (χ2v) is 12.1. The van der Waals surface area contributed by atoms with Gasteiger partial charge in [0, 0.05) is 61.4 Å². The fourth-order valence-corrected chi connectivity index (χ4v) is 6.52. The van der Waals surface area contributed by atoms with Gasteiger partial charge in [0.15, 0.2) is 11.5 Å². The van der Waals surface area contributed by atoms with Crippen molar-refractivity contribution in [2.24, 2.45) is 0 Å². The molecule has 0 spiro atoms. The Bertz CT molecular complexity index is 1810. The Balaban J connectivity index is 1.17. The lowest BCUT2D eigenvalue weighted by molar-refractivity contribution is 0.201. The minimum absolute atomic E-state index is 0.380. The number of piperidine rings is 1. The zero-order chi connectivity index (χ0) is 34.2. The van der Waals surface area contributed by atoms with Crippen LogP contribution in [0.25, 0.3) is 22.5 Å². The molecule has 0 N–H and O–H groups in total. The monoisotopic (exact) mass is 660 g/mol. The minimum atomic E-state index is 0.380. The summed E-state index contributed by atoms with van der Waals surface area (Å²) in [4.78, 5) is 14.4. The first-order valence-corrected chi connectivity index (χ1v) is 16.5. The quantitative estimate of drug-likeness (QED) is 0.127. The summed E-state index contributed by atoms with van der Waals surface area (Å²) in [6.45, 7) is 3.61. The lowest BCUT2D eigenvalue weighted by atomic mass is 10.00. The van der Waals surface area contributed by atoms with E-state index in [0.717, 1.165) is 73.0 Å². The van der Waals surface area contributed by atoms with Gasteiger partial charge in [0.25, 0.3) is 0 Å². The van der Waals surface area contributed by atoms with Crippen molar-refractivity contribution in [3.8, 4) is 51.3 Å². The smallest absolute Gasteiger partial charge is 0.203 e. The molecule has 3 aromatic carbocycles. The number of rotatable bonds is 13. The normalized spacial score (nSPS) is 13.5. The Hall–Kier alpha value is -5.28. The van der Waals surface area contributed by atoms with E-state index in [4.69, 9.17) is 23.7 Å². The molecule has 2 aromatic heterocycles. The molecule has 0 radical (unpaired) electrons. The summed E-state index contributed by atoms with van der Waals surface area (Å²) in [5, 5.41) is 0. The van der Waals surface area contributed by atoms with Crippen LogP contribution in [0.5, 0.6) is 28.7 Å². The molecule has 9 nitrogen and oxygen atoms in total. The molecule has 1 aliphatic rings. The van der Waals surface area contributed by atoms with Gasteiger partial charge in [0.1, 0.15) is 11.5 Å². The molecule has 0 saturated carbocycles. The van der Waals surface area contributed by atoms with Crippen molar-refractivity contribution in [3.05, 3.63) is 108 Å². The molecule has 1 saturated heterocycles. The maximum Gasteiger partial charge on any atom is 0.203 e. The highest BCUT2D eigenvalue weighted by atomic mass is 16.5. The SMILES string of the molecule is COc1ccc(N(Cc2ccnc(-c3cccc(OC)c3)c2)C2CCN(Cc3ccnc(-c4cc(OC)c(OC)c(OC)c4)c3)CC2)cc1. The molecule has 0 amide bonds. The van der Waals surface area contributed by atoms with Crippen LogP contribution in [0.15, 0.2) is 97.3 Å². The predicted molar refractivity (Wildman–Crippen MR) is 193 cm³/mol. The van der Waals surface area contributed by atoms with Gasteiger partial charge in [-0.1, -0.05) is 12.1 Å². The number of likely N-dealkylation sites (tertiary alicyclic amines) is 1. The predicted octanol–water partition coefficient (Wildman–Crippen LogP) is 7.52. The summed E-state index contributed by atoms with van der Waals surface area (Å²) < 4.78 is 27.6. The average Bonchev–Trinajstić information content (AvgIpc) is 3.17. The van der Waals surface area contributed by atoms with Crippen LogP contribution < -0.4 is 28.6 Å². The van der Waals surface area contributed by atoms with Crippen molar-refractivity contribution in [2.75, 3.05) is 53.5 Å². The summed E-state index contributed by atoms with van der Waals surface area (Å²) in [6.07, 6.45) is 5.87. The third-order valence-electron chi connectivity index (χ3n) is 9.14. The van der Waals surface area contributed by atoms with Gasteiger partial charge in [0.2, 0.25) is 5.75 Å². The molecule has 1 aliphatic heterocycles. The highest BCUT2D eigenvalue weighted by Gasteiger charge is 2.26. The van der Waals surface area contributed by atoms with Crippen molar-refractivity contribution in [2.45, 2.75) is 32.0 Å². The van der Waals surface area contributed by atoms with E-state index >= 15 is 0 Å². The van der Waals surface area contributed by atoms with Gasteiger partial charge in [-0.3, -0.25) is 14.9 Å². The van der Waals surface area contributed by atoms with Crippen molar-refractivity contribution in [1.29, 1.82) is 0 Å². The molecule has 0 aliphatic carbocycles. The summed E-state index contributed by atoms with van der Waals surface area (Å²) >= 11 is 0. The molecular formula is C40H44N4O5. The number of nitrogens with zero attached hydrogens (tertiary/aromatic N) is 4. The largest absolute Gasteiger partial charge is 0.497 e. The van der Waals surface area contributed by atoms with Crippen molar-refractivity contribution in [3.63, 3.8) is 0 Å². The Labute approximate surface area is 289 Å². The Morgan fingerprint density at radius 2 is 1.27 bits per heavy atom. The van der Waals surface area contributed by atoms with Gasteiger partial charge in [-0.05, 0) is 96.8 Å². The molecule has 1 fully saturated rings. The fraction of sp³-hybridized carbons (Fsp3) is 0.300. The lowest BCUT2D eigenvalue weighted by Crippen LogP contribution is -2.44. The molecule has 5 aromatic rings. The van der Waals surface area contributed by atoms with Crippen LogP contribution in [0.2, 0.25) is 0 Å². The number of benzene rings is 3. The van der Waals surface area contributed by atoms with E-state index in [0.29, 0.717) is 23.3 Å². The van der Waals surface area contributed by atoms with Crippen LogP contribution in [0.1, 0.15) is 24.0 Å². The molecule has 3 heterocycles. The Kier molecular flexibility index (Phi) is 10.8. The van der Waals surface area contributed by atoms with E-state index in [9.17, 15) is 0 Å². The highest BCUT2D eigenvalue weighted by Crippen LogP contribution is 2.41. The number of ether oxygens (including phenoxy) is 5. The van der Waals surface area contributed by atoms with E-state index in [2.05, 4.69) is 62.2 Å². The number of methoxy groups -OCH3 is 5. The van der Waals surface area contributed by atoms with Crippen LogP contribution in [-0.2, 0) is 13.1 Å². The first kappa shape index (κ1) is 33.6. The molecular weight excluding hydrogens is 616 g/mol. The molecule has 254 valence electrons. The fourth-order valence-electron chi connectivity index (χ4n) is 6.52. The van der Waals surface area contributed by atoms with Gasteiger partial charge in [-0.15, -0.1) is 0 Å². The minimum Gasteiger partial charge on any atom is -0.497 e. The molecule has 0 bridgehead atoms. The first-order chi connectivity index (χ1) is 24.0. The number of hydrogen-bond acceptors (Lipinski definition) is 9. The van der Waals surface area contributed by atoms with Crippen LogP contribution in [0, 0.1) is 0 Å². The van der Waals surface area contributed by atoms with E-state index in [1.165, 1.54) is 16.8 Å². The highest BCUT2D eigenvalue weighted by molar-refractivity contribution is 5.69. The Morgan fingerprint density at radius 3 is 1.90 bits per heavy atom.